The number of carbonyl (C=O) groups is 1. The molecule has 1 aromatic carbocycles. The molecule has 90 valence electrons. The van der Waals surface area contributed by atoms with E-state index in [2.05, 4.69) is 0 Å². The molecule has 0 saturated heterocycles. The first-order chi connectivity index (χ1) is 8.60. The van der Waals surface area contributed by atoms with Crippen LogP contribution in [0.3, 0.4) is 0 Å². The van der Waals surface area contributed by atoms with Crippen LogP contribution in [0, 0.1) is 16.7 Å². The molecule has 0 amide bonds. The summed E-state index contributed by atoms with van der Waals surface area (Å²) >= 11 is 0. The number of allylic oxidation sites excluding steroid dienone is 2. The molecule has 0 aromatic heterocycles. The Morgan fingerprint density at radius 3 is 2.56 bits per heavy atom. The Bertz CT molecular complexity index is 571. The lowest BCUT2D eigenvalue weighted by atomic mass is 9.80. The number of hydrogen-bond donors (Lipinski definition) is 1. The molecular weight excluding hydrogens is 233 g/mol. The Hall–Kier alpha value is -2.41. The van der Waals surface area contributed by atoms with E-state index in [9.17, 15) is 9.18 Å². The fourth-order valence-corrected chi connectivity index (χ4v) is 1.87. The standard InChI is InChI=1S/C14H10FNO2/c15-12-8-11(10-4-2-1-3-5-10)6-7-14(12,9-16)13(17)18/h1-8,11H,(H,17,18). The highest BCUT2D eigenvalue weighted by atomic mass is 19.1. The summed E-state index contributed by atoms with van der Waals surface area (Å²) in [5, 5.41) is 17.8. The largest absolute Gasteiger partial charge is 0.479 e. The summed E-state index contributed by atoms with van der Waals surface area (Å²) in [4.78, 5) is 11.0. The van der Waals surface area contributed by atoms with Crippen molar-refractivity contribution in [3.05, 3.63) is 60.0 Å². The minimum atomic E-state index is -2.18. The van der Waals surface area contributed by atoms with Gasteiger partial charge in [0.1, 0.15) is 5.83 Å². The lowest BCUT2D eigenvalue weighted by Gasteiger charge is -2.22. The van der Waals surface area contributed by atoms with Crippen LogP contribution >= 0.6 is 0 Å². The fraction of sp³-hybridized carbons (Fsp3) is 0.143. The van der Waals surface area contributed by atoms with E-state index in [4.69, 9.17) is 10.4 Å². The Morgan fingerprint density at radius 2 is 2.06 bits per heavy atom. The van der Waals surface area contributed by atoms with Crippen molar-refractivity contribution in [3.63, 3.8) is 0 Å². The van der Waals surface area contributed by atoms with Crippen molar-refractivity contribution < 1.29 is 14.3 Å². The van der Waals surface area contributed by atoms with Crippen molar-refractivity contribution in [2.45, 2.75) is 5.92 Å². The molecule has 2 rings (SSSR count). The number of rotatable bonds is 2. The molecule has 2 unspecified atom stereocenters. The second-order valence-corrected chi connectivity index (χ2v) is 4.04. The van der Waals surface area contributed by atoms with Crippen LogP contribution in [0.1, 0.15) is 11.5 Å². The molecule has 1 aliphatic carbocycles. The predicted octanol–water partition coefficient (Wildman–Crippen LogP) is 2.79. The van der Waals surface area contributed by atoms with Gasteiger partial charge in [0.05, 0.1) is 6.07 Å². The van der Waals surface area contributed by atoms with Gasteiger partial charge in [-0.2, -0.15) is 5.26 Å². The average molecular weight is 243 g/mol. The lowest BCUT2D eigenvalue weighted by Crippen LogP contribution is -2.30. The molecule has 0 spiro atoms. The van der Waals surface area contributed by atoms with E-state index in [1.165, 1.54) is 18.2 Å². The predicted molar refractivity (Wildman–Crippen MR) is 63.2 cm³/mol. The van der Waals surface area contributed by atoms with Gasteiger partial charge >= 0.3 is 5.97 Å². The van der Waals surface area contributed by atoms with Gasteiger partial charge in [-0.25, -0.2) is 9.18 Å². The fourth-order valence-electron chi connectivity index (χ4n) is 1.87. The summed E-state index contributed by atoms with van der Waals surface area (Å²) in [6.45, 7) is 0. The number of aliphatic carboxylic acids is 1. The molecule has 2 atom stereocenters. The summed E-state index contributed by atoms with van der Waals surface area (Å²) in [6, 6.07) is 10.6. The first-order valence-electron chi connectivity index (χ1n) is 5.37. The SMILES string of the molecule is N#CC1(C(=O)O)C=CC(c2ccccc2)C=C1F. The van der Waals surface area contributed by atoms with Crippen molar-refractivity contribution in [1.29, 1.82) is 5.26 Å². The highest BCUT2D eigenvalue weighted by molar-refractivity contribution is 5.84. The third-order valence-corrected chi connectivity index (χ3v) is 2.95. The molecule has 18 heavy (non-hydrogen) atoms. The van der Waals surface area contributed by atoms with Crippen LogP contribution < -0.4 is 0 Å². The summed E-state index contributed by atoms with van der Waals surface area (Å²) in [5.41, 5.74) is -1.33. The molecule has 0 radical (unpaired) electrons. The van der Waals surface area contributed by atoms with Crippen molar-refractivity contribution in [2.24, 2.45) is 5.41 Å². The van der Waals surface area contributed by atoms with Crippen LogP contribution in [0.2, 0.25) is 0 Å². The van der Waals surface area contributed by atoms with Crippen LogP contribution in [-0.2, 0) is 4.79 Å². The van der Waals surface area contributed by atoms with Crippen LogP contribution in [-0.4, -0.2) is 11.1 Å². The number of benzene rings is 1. The maximum absolute atomic E-state index is 13.9. The molecule has 4 heteroatoms. The van der Waals surface area contributed by atoms with Gasteiger partial charge in [-0.3, -0.25) is 0 Å². The Balaban J connectivity index is 2.39. The second kappa shape index (κ2) is 4.46. The molecule has 1 N–H and O–H groups in total. The number of hydrogen-bond acceptors (Lipinski definition) is 2. The van der Waals surface area contributed by atoms with E-state index < -0.39 is 17.2 Å². The molecule has 3 nitrogen and oxygen atoms in total. The second-order valence-electron chi connectivity index (χ2n) is 4.04. The Morgan fingerprint density at radius 1 is 1.39 bits per heavy atom. The van der Waals surface area contributed by atoms with Gasteiger partial charge in [-0.1, -0.05) is 36.4 Å². The molecule has 0 aliphatic heterocycles. The number of carboxylic acids is 1. The minimum absolute atomic E-state index is 0.341. The van der Waals surface area contributed by atoms with Crippen LogP contribution in [0.15, 0.2) is 54.4 Å². The zero-order chi connectivity index (χ0) is 13.2. The third-order valence-electron chi connectivity index (χ3n) is 2.95. The normalized spacial score (nSPS) is 26.2. The Kier molecular flexibility index (Phi) is 2.99. The lowest BCUT2D eigenvalue weighted by molar-refractivity contribution is -0.142. The van der Waals surface area contributed by atoms with Crippen molar-refractivity contribution in [2.75, 3.05) is 0 Å². The molecule has 1 aliphatic rings. The van der Waals surface area contributed by atoms with E-state index in [-0.39, 0.29) is 5.92 Å². The Labute approximate surface area is 103 Å². The van der Waals surface area contributed by atoms with E-state index in [1.54, 1.807) is 0 Å². The maximum atomic E-state index is 13.9. The van der Waals surface area contributed by atoms with E-state index in [1.807, 2.05) is 30.3 Å². The van der Waals surface area contributed by atoms with Crippen LogP contribution in [0.5, 0.6) is 0 Å². The van der Waals surface area contributed by atoms with E-state index in [0.717, 1.165) is 11.6 Å². The molecule has 0 bridgehead atoms. The summed E-state index contributed by atoms with van der Waals surface area (Å²) in [6.07, 6.45) is 3.82. The molecule has 0 fully saturated rings. The topological polar surface area (TPSA) is 61.1 Å². The first-order valence-corrected chi connectivity index (χ1v) is 5.37. The number of carboxylic acid groups (broad SMARTS) is 1. The van der Waals surface area contributed by atoms with Gasteiger partial charge in [0.25, 0.3) is 0 Å². The smallest absolute Gasteiger partial charge is 0.335 e. The first kappa shape index (κ1) is 12.1. The number of nitriles is 1. The summed E-state index contributed by atoms with van der Waals surface area (Å²) in [7, 11) is 0. The van der Waals surface area contributed by atoms with Gasteiger partial charge in [0.15, 0.2) is 0 Å². The van der Waals surface area contributed by atoms with E-state index >= 15 is 0 Å². The number of halogens is 1. The summed E-state index contributed by atoms with van der Waals surface area (Å²) < 4.78 is 13.9. The average Bonchev–Trinajstić information content (AvgIpc) is 2.39. The van der Waals surface area contributed by atoms with Gasteiger partial charge in [0.2, 0.25) is 5.41 Å². The molecule has 1 aromatic rings. The van der Waals surface area contributed by atoms with E-state index in [0.29, 0.717) is 0 Å². The van der Waals surface area contributed by atoms with Crippen molar-refractivity contribution >= 4 is 5.97 Å². The van der Waals surface area contributed by atoms with Gasteiger partial charge in [-0.05, 0) is 17.7 Å². The summed E-state index contributed by atoms with van der Waals surface area (Å²) in [5.74, 6) is -2.78. The monoisotopic (exact) mass is 243 g/mol. The molecule has 0 heterocycles. The van der Waals surface area contributed by atoms with Gasteiger partial charge < -0.3 is 5.11 Å². The van der Waals surface area contributed by atoms with Gasteiger partial charge in [0, 0.05) is 5.92 Å². The molecular formula is C14H10FNO2. The molecule has 0 saturated carbocycles. The zero-order valence-corrected chi connectivity index (χ0v) is 9.38. The van der Waals surface area contributed by atoms with Crippen molar-refractivity contribution in [1.82, 2.24) is 0 Å². The van der Waals surface area contributed by atoms with Crippen LogP contribution in [0.25, 0.3) is 0 Å². The third kappa shape index (κ3) is 1.80. The quantitative estimate of drug-likeness (QED) is 0.812. The van der Waals surface area contributed by atoms with Crippen LogP contribution in [0.4, 0.5) is 4.39 Å². The van der Waals surface area contributed by atoms with Crippen molar-refractivity contribution in [3.8, 4) is 6.07 Å². The minimum Gasteiger partial charge on any atom is -0.479 e. The maximum Gasteiger partial charge on any atom is 0.335 e. The number of nitrogens with zero attached hydrogens (tertiary/aromatic N) is 1. The van der Waals surface area contributed by atoms with Gasteiger partial charge in [-0.15, -0.1) is 0 Å². The zero-order valence-electron chi connectivity index (χ0n) is 9.38. The highest BCUT2D eigenvalue weighted by Crippen LogP contribution is 2.38. The highest BCUT2D eigenvalue weighted by Gasteiger charge is 2.43.